The van der Waals surface area contributed by atoms with Crippen LogP contribution in [0.5, 0.6) is 11.5 Å². The number of hydrogen-bond acceptors (Lipinski definition) is 7. The van der Waals surface area contributed by atoms with Crippen LogP contribution in [-0.4, -0.2) is 34.4 Å². The molecule has 0 aliphatic carbocycles. The minimum absolute atomic E-state index is 0.0536. The Balaban J connectivity index is 2.27. The first-order valence-corrected chi connectivity index (χ1v) is 10.3. The molecule has 0 saturated heterocycles. The van der Waals surface area contributed by atoms with Crippen LogP contribution in [0.2, 0.25) is 0 Å². The van der Waals surface area contributed by atoms with Crippen molar-refractivity contribution in [1.82, 2.24) is 0 Å². The van der Waals surface area contributed by atoms with Gasteiger partial charge in [0, 0.05) is 0 Å². The van der Waals surface area contributed by atoms with Crippen molar-refractivity contribution in [3.05, 3.63) is 47.5 Å². The van der Waals surface area contributed by atoms with E-state index in [-0.39, 0.29) is 34.8 Å². The van der Waals surface area contributed by atoms with E-state index in [0.29, 0.717) is 22.6 Å². The third-order valence-corrected chi connectivity index (χ3v) is 5.47. The molecule has 2 aromatic rings. The van der Waals surface area contributed by atoms with Gasteiger partial charge in [0.15, 0.2) is 0 Å². The molecule has 0 aliphatic heterocycles. The van der Waals surface area contributed by atoms with Gasteiger partial charge in [-0.15, -0.1) is 0 Å². The Bertz CT molecular complexity index is 808. The van der Waals surface area contributed by atoms with Crippen molar-refractivity contribution in [3.63, 3.8) is 0 Å². The maximum absolute atomic E-state index is 12.2. The number of benzene rings is 2. The van der Waals surface area contributed by atoms with E-state index >= 15 is 0 Å². The molecule has 0 heterocycles. The zero-order valence-electron chi connectivity index (χ0n) is 17.0. The van der Waals surface area contributed by atoms with Crippen LogP contribution in [-0.2, 0) is 9.47 Å². The summed E-state index contributed by atoms with van der Waals surface area (Å²) in [7, 11) is 0. The van der Waals surface area contributed by atoms with Crippen LogP contribution >= 0.6 is 11.8 Å². The fraction of sp³-hybridized carbons (Fsp3) is 0.364. The summed E-state index contributed by atoms with van der Waals surface area (Å²) in [6.45, 7) is 7.43. The molecule has 0 saturated carbocycles. The van der Waals surface area contributed by atoms with E-state index in [9.17, 15) is 19.8 Å². The molecule has 0 aliphatic rings. The predicted molar refractivity (Wildman–Crippen MR) is 111 cm³/mol. The van der Waals surface area contributed by atoms with Crippen molar-refractivity contribution < 1.29 is 29.3 Å². The van der Waals surface area contributed by atoms with Gasteiger partial charge in [-0.05, 0) is 63.1 Å². The maximum atomic E-state index is 12.2. The molecule has 0 aromatic heterocycles. The summed E-state index contributed by atoms with van der Waals surface area (Å²) in [4.78, 5) is 25.2. The summed E-state index contributed by atoms with van der Waals surface area (Å²) < 4.78 is 10.6. The highest BCUT2D eigenvalue weighted by molar-refractivity contribution is 7.99. The highest BCUT2D eigenvalue weighted by atomic mass is 32.2. The second-order valence-corrected chi connectivity index (χ2v) is 7.80. The summed E-state index contributed by atoms with van der Waals surface area (Å²) in [6.07, 6.45) is 0.951. The second kappa shape index (κ2) is 10.2. The maximum Gasteiger partial charge on any atom is 0.338 e. The number of ether oxygens (including phenoxy) is 2. The number of hydrogen-bond donors (Lipinski definition) is 2. The van der Waals surface area contributed by atoms with Crippen LogP contribution in [0.3, 0.4) is 0 Å². The number of rotatable bonds is 8. The molecule has 156 valence electrons. The Hall–Kier alpha value is -2.67. The van der Waals surface area contributed by atoms with E-state index in [1.165, 1.54) is 36.4 Å². The highest BCUT2D eigenvalue weighted by Gasteiger charge is 2.17. The monoisotopic (exact) mass is 418 g/mol. The van der Waals surface area contributed by atoms with Gasteiger partial charge in [0.25, 0.3) is 0 Å². The van der Waals surface area contributed by atoms with E-state index in [1.54, 1.807) is 13.8 Å². The standard InChI is InChI=1S/C22H26O6S/c1-5-13(3)27-21(25)15-7-9-17(23)19(11-15)29-20-12-16(8-10-18(20)24)22(26)28-14(4)6-2/h7-14,23-24H,5-6H2,1-4H3. The van der Waals surface area contributed by atoms with Crippen LogP contribution in [0.1, 0.15) is 61.3 Å². The first-order valence-electron chi connectivity index (χ1n) is 9.50. The lowest BCUT2D eigenvalue weighted by atomic mass is 10.2. The van der Waals surface area contributed by atoms with Gasteiger partial charge in [0.2, 0.25) is 0 Å². The first kappa shape index (κ1) is 22.6. The highest BCUT2D eigenvalue weighted by Crippen LogP contribution is 2.39. The molecule has 7 heteroatoms. The molecule has 6 nitrogen and oxygen atoms in total. The molecule has 0 amide bonds. The molecule has 29 heavy (non-hydrogen) atoms. The van der Waals surface area contributed by atoms with Gasteiger partial charge < -0.3 is 19.7 Å². The topological polar surface area (TPSA) is 93.1 Å². The lowest BCUT2D eigenvalue weighted by Gasteiger charge is -2.13. The van der Waals surface area contributed by atoms with E-state index in [2.05, 4.69) is 0 Å². The van der Waals surface area contributed by atoms with Crippen molar-refractivity contribution in [2.24, 2.45) is 0 Å². The molecule has 2 aromatic carbocycles. The van der Waals surface area contributed by atoms with Crippen molar-refractivity contribution in [1.29, 1.82) is 0 Å². The molecule has 0 radical (unpaired) electrons. The van der Waals surface area contributed by atoms with Gasteiger partial charge in [-0.1, -0.05) is 25.6 Å². The zero-order valence-corrected chi connectivity index (χ0v) is 17.8. The molecule has 2 atom stereocenters. The lowest BCUT2D eigenvalue weighted by molar-refractivity contribution is 0.0324. The predicted octanol–water partition coefficient (Wildman–Crippen LogP) is 5.16. The molecular formula is C22H26O6S. The van der Waals surface area contributed by atoms with Crippen LogP contribution in [0, 0.1) is 0 Å². The van der Waals surface area contributed by atoms with Crippen LogP contribution < -0.4 is 0 Å². The molecule has 2 rings (SSSR count). The summed E-state index contributed by atoms with van der Waals surface area (Å²) in [6, 6.07) is 8.73. The molecule has 0 bridgehead atoms. The number of carbonyl (C=O) groups excluding carboxylic acids is 2. The summed E-state index contributed by atoms with van der Waals surface area (Å²) in [5.41, 5.74) is 0.579. The molecular weight excluding hydrogens is 392 g/mol. The number of carbonyl (C=O) groups is 2. The molecule has 0 fully saturated rings. The van der Waals surface area contributed by atoms with Gasteiger partial charge in [0.05, 0.1) is 33.1 Å². The van der Waals surface area contributed by atoms with Gasteiger partial charge in [0.1, 0.15) is 11.5 Å². The molecule has 0 spiro atoms. The minimum atomic E-state index is -0.490. The van der Waals surface area contributed by atoms with Gasteiger partial charge >= 0.3 is 11.9 Å². The van der Waals surface area contributed by atoms with Crippen molar-refractivity contribution >= 4 is 23.7 Å². The van der Waals surface area contributed by atoms with E-state index in [0.717, 1.165) is 11.8 Å². The largest absolute Gasteiger partial charge is 0.507 e. The summed E-state index contributed by atoms with van der Waals surface area (Å²) >= 11 is 1.04. The van der Waals surface area contributed by atoms with Crippen LogP contribution in [0.4, 0.5) is 0 Å². The first-order chi connectivity index (χ1) is 13.7. The second-order valence-electron chi connectivity index (χ2n) is 6.72. The average molecular weight is 419 g/mol. The number of aromatic hydroxyl groups is 2. The van der Waals surface area contributed by atoms with Gasteiger partial charge in [-0.2, -0.15) is 0 Å². The number of esters is 2. The summed E-state index contributed by atoms with van der Waals surface area (Å²) in [5, 5.41) is 20.4. The zero-order chi connectivity index (χ0) is 21.6. The fourth-order valence-electron chi connectivity index (χ4n) is 2.23. The SMILES string of the molecule is CCC(C)OC(=O)c1ccc(O)c(Sc2cc(C(=O)OC(C)CC)ccc2O)c1. The quantitative estimate of drug-likeness (QED) is 0.572. The fourth-order valence-corrected chi connectivity index (χ4v) is 3.19. The van der Waals surface area contributed by atoms with E-state index in [1.807, 2.05) is 13.8 Å². The third-order valence-electron chi connectivity index (χ3n) is 4.38. The van der Waals surface area contributed by atoms with Crippen molar-refractivity contribution in [2.45, 2.75) is 62.5 Å². The number of phenols is 2. The van der Waals surface area contributed by atoms with Crippen LogP contribution in [0.25, 0.3) is 0 Å². The molecule has 2 N–H and O–H groups in total. The Labute approximate surface area is 174 Å². The third kappa shape index (κ3) is 6.15. The Morgan fingerprint density at radius 2 is 1.21 bits per heavy atom. The summed E-state index contributed by atoms with van der Waals surface area (Å²) in [5.74, 6) is -1.09. The van der Waals surface area contributed by atoms with Crippen LogP contribution in [0.15, 0.2) is 46.2 Å². The Kier molecular flexibility index (Phi) is 7.96. The Morgan fingerprint density at radius 1 is 0.828 bits per heavy atom. The van der Waals surface area contributed by atoms with Gasteiger partial charge in [-0.3, -0.25) is 0 Å². The normalized spacial score (nSPS) is 12.8. The smallest absolute Gasteiger partial charge is 0.338 e. The number of phenolic OH excluding ortho intramolecular Hbond substituents is 2. The molecule has 2 unspecified atom stereocenters. The minimum Gasteiger partial charge on any atom is -0.507 e. The van der Waals surface area contributed by atoms with Gasteiger partial charge in [-0.25, -0.2) is 9.59 Å². The van der Waals surface area contributed by atoms with E-state index < -0.39 is 11.9 Å². The average Bonchev–Trinajstić information content (AvgIpc) is 2.70. The van der Waals surface area contributed by atoms with Crippen molar-refractivity contribution in [3.8, 4) is 11.5 Å². The Morgan fingerprint density at radius 3 is 1.55 bits per heavy atom. The lowest BCUT2D eigenvalue weighted by Crippen LogP contribution is -2.14. The van der Waals surface area contributed by atoms with Crippen molar-refractivity contribution in [2.75, 3.05) is 0 Å². The van der Waals surface area contributed by atoms with E-state index in [4.69, 9.17) is 9.47 Å².